The van der Waals surface area contributed by atoms with Crippen LogP contribution in [0, 0.1) is 5.92 Å². The Morgan fingerprint density at radius 3 is 1.49 bits per heavy atom. The highest BCUT2D eigenvalue weighted by Crippen LogP contribution is 2.42. The van der Waals surface area contributed by atoms with Crippen molar-refractivity contribution in [3.63, 3.8) is 0 Å². The molecular weight excluding hydrogens is 702 g/mol. The molecule has 0 saturated carbocycles. The highest BCUT2D eigenvalue weighted by molar-refractivity contribution is 7.82. The molecule has 0 saturated heterocycles. The van der Waals surface area contributed by atoms with E-state index < -0.39 is 36.1 Å². The molecule has 0 rings (SSSR count). The average molecular weight is 783 g/mol. The molecule has 0 amide bonds. The van der Waals surface area contributed by atoms with E-state index in [2.05, 4.69) is 39.1 Å². The van der Waals surface area contributed by atoms with E-state index in [1.807, 2.05) is 28.1 Å². The second-order valence-corrected chi connectivity index (χ2v) is 19.1. The van der Waals surface area contributed by atoms with Crippen LogP contribution in [0.3, 0.4) is 0 Å². The van der Waals surface area contributed by atoms with Crippen molar-refractivity contribution in [3.05, 3.63) is 0 Å². The number of esters is 2. The fourth-order valence-corrected chi connectivity index (χ4v) is 7.80. The molecule has 5 unspecified atom stereocenters. The van der Waals surface area contributed by atoms with Crippen molar-refractivity contribution in [2.24, 2.45) is 5.92 Å². The standard InChI is InChI=1S/C40H80NO7PS2/c1-7-9-11-13-15-17-19-20-22-24-26-28-30-37(50)39(42)48-36(34-47-49(44,45)32-31-41(4,5)6)33-46-40(43)38(51)35(3)29-27-25-23-21-18-16-14-12-10-8-2/h35-38H,7-34H2,1-6H3,(H2-,44,45,50,51)/p+1. The minimum absolute atomic E-state index is 0.0256. The maximum atomic E-state index is 13.0. The number of hydrogen-bond acceptors (Lipinski definition) is 8. The predicted molar refractivity (Wildman–Crippen MR) is 221 cm³/mol. The largest absolute Gasteiger partial charge is 0.461 e. The molecule has 11 heteroatoms. The van der Waals surface area contributed by atoms with Crippen molar-refractivity contribution in [2.45, 2.75) is 191 Å². The molecule has 51 heavy (non-hydrogen) atoms. The van der Waals surface area contributed by atoms with Crippen molar-refractivity contribution in [1.82, 2.24) is 0 Å². The van der Waals surface area contributed by atoms with Gasteiger partial charge in [0.1, 0.15) is 11.9 Å². The lowest BCUT2D eigenvalue weighted by Gasteiger charge is -2.26. The molecule has 0 aromatic rings. The second kappa shape index (κ2) is 32.0. The van der Waals surface area contributed by atoms with Crippen LogP contribution in [0.4, 0.5) is 0 Å². The van der Waals surface area contributed by atoms with Gasteiger partial charge in [-0.1, -0.05) is 162 Å². The molecule has 0 aromatic heterocycles. The lowest BCUT2D eigenvalue weighted by atomic mass is 9.98. The Kier molecular flexibility index (Phi) is 31.9. The molecule has 0 spiro atoms. The number of unbranched alkanes of at least 4 members (excludes halogenated alkanes) is 20. The molecule has 0 aliphatic rings. The fourth-order valence-electron chi connectivity index (χ4n) is 5.95. The van der Waals surface area contributed by atoms with Crippen LogP contribution in [-0.2, 0) is 28.2 Å². The predicted octanol–water partition coefficient (Wildman–Crippen LogP) is 11.0. The summed E-state index contributed by atoms with van der Waals surface area (Å²) < 4.78 is 29.9. The Hall–Kier alpha value is -0.250. The first-order valence-corrected chi connectivity index (χ1v) is 23.5. The highest BCUT2D eigenvalue weighted by atomic mass is 32.1. The molecule has 0 aromatic carbocycles. The van der Waals surface area contributed by atoms with E-state index >= 15 is 0 Å². The normalized spacial score (nSPS) is 15.5. The van der Waals surface area contributed by atoms with Gasteiger partial charge in [0.15, 0.2) is 6.10 Å². The summed E-state index contributed by atoms with van der Waals surface area (Å²) >= 11 is 9.06. The molecule has 0 heterocycles. The summed E-state index contributed by atoms with van der Waals surface area (Å²) in [4.78, 5) is 36.4. The number of nitrogens with zero attached hydrogens (tertiary/aromatic N) is 1. The third kappa shape index (κ3) is 31.8. The van der Waals surface area contributed by atoms with Crippen LogP contribution in [-0.4, -0.2) is 85.0 Å². The summed E-state index contributed by atoms with van der Waals surface area (Å²) in [6, 6.07) is 0. The summed E-state index contributed by atoms with van der Waals surface area (Å²) in [5.41, 5.74) is 0. The minimum Gasteiger partial charge on any atom is -0.461 e. The SMILES string of the molecule is CCCCCCCCCCCCCCC(S)C(=O)OC(COC(=O)C(S)C(C)CCCCCCCCCCCC)COP(=O)(O)CC[N+](C)(C)C. The number of thiol groups is 2. The number of quaternary nitrogens is 1. The highest BCUT2D eigenvalue weighted by Gasteiger charge is 2.30. The van der Waals surface area contributed by atoms with Crippen LogP contribution < -0.4 is 0 Å². The van der Waals surface area contributed by atoms with Crippen LogP contribution in [0.5, 0.6) is 0 Å². The molecule has 5 atom stereocenters. The summed E-state index contributed by atoms with van der Waals surface area (Å²) in [5, 5.41) is -1.25. The van der Waals surface area contributed by atoms with Gasteiger partial charge in [-0.3, -0.25) is 14.2 Å². The quantitative estimate of drug-likeness (QED) is 0.0191. The molecule has 8 nitrogen and oxygen atoms in total. The number of carbonyl (C=O) groups excluding carboxylic acids is 2. The second-order valence-electron chi connectivity index (χ2n) is 15.9. The smallest absolute Gasteiger partial charge is 0.333 e. The summed E-state index contributed by atoms with van der Waals surface area (Å²) in [6.07, 6.45) is 27.8. The Balaban J connectivity index is 4.73. The molecule has 0 bridgehead atoms. The lowest BCUT2D eigenvalue weighted by molar-refractivity contribution is -0.867. The van der Waals surface area contributed by atoms with Gasteiger partial charge in [-0.2, -0.15) is 25.3 Å². The zero-order chi connectivity index (χ0) is 38.4. The Morgan fingerprint density at radius 2 is 1.06 bits per heavy atom. The van der Waals surface area contributed by atoms with E-state index in [4.69, 9.17) is 14.0 Å². The van der Waals surface area contributed by atoms with E-state index in [1.165, 1.54) is 109 Å². The van der Waals surface area contributed by atoms with E-state index in [-0.39, 0.29) is 25.3 Å². The van der Waals surface area contributed by atoms with Gasteiger partial charge in [0.25, 0.3) is 0 Å². The van der Waals surface area contributed by atoms with Gasteiger partial charge < -0.3 is 23.4 Å². The molecular formula is C40H81NO7PS2+. The molecule has 0 radical (unpaired) electrons. The first-order chi connectivity index (χ1) is 24.2. The zero-order valence-electron chi connectivity index (χ0n) is 33.8. The summed E-state index contributed by atoms with van der Waals surface area (Å²) in [7, 11) is 1.84. The Bertz CT molecular complexity index is 905. The molecule has 304 valence electrons. The van der Waals surface area contributed by atoms with Crippen molar-refractivity contribution in [2.75, 3.05) is 47.1 Å². The third-order valence-electron chi connectivity index (χ3n) is 9.61. The third-order valence-corrected chi connectivity index (χ3v) is 12.1. The van der Waals surface area contributed by atoms with Crippen LogP contribution in [0.15, 0.2) is 0 Å². The zero-order valence-corrected chi connectivity index (χ0v) is 36.5. The van der Waals surface area contributed by atoms with Crippen molar-refractivity contribution < 1.29 is 37.5 Å². The number of carbonyl (C=O) groups is 2. The first-order valence-electron chi connectivity index (χ1n) is 20.7. The van der Waals surface area contributed by atoms with Crippen LogP contribution in [0.2, 0.25) is 0 Å². The maximum Gasteiger partial charge on any atom is 0.333 e. The molecule has 0 aliphatic heterocycles. The average Bonchev–Trinajstić information content (AvgIpc) is 3.08. The van der Waals surface area contributed by atoms with Crippen molar-refractivity contribution >= 4 is 44.8 Å². The van der Waals surface area contributed by atoms with Gasteiger partial charge in [0.2, 0.25) is 0 Å². The van der Waals surface area contributed by atoms with Gasteiger partial charge in [-0.05, 0) is 18.8 Å². The summed E-state index contributed by atoms with van der Waals surface area (Å²) in [5.74, 6) is -1.00. The Morgan fingerprint density at radius 1 is 0.647 bits per heavy atom. The molecule has 0 aliphatic carbocycles. The van der Waals surface area contributed by atoms with E-state index in [0.717, 1.165) is 38.5 Å². The Labute approximate surface area is 325 Å². The number of ether oxygens (including phenoxy) is 2. The van der Waals surface area contributed by atoms with Gasteiger partial charge >= 0.3 is 19.5 Å². The van der Waals surface area contributed by atoms with Gasteiger partial charge in [-0.25, -0.2) is 0 Å². The molecule has 0 fully saturated rings. The van der Waals surface area contributed by atoms with Crippen LogP contribution in [0.25, 0.3) is 0 Å². The van der Waals surface area contributed by atoms with Crippen molar-refractivity contribution in [3.8, 4) is 0 Å². The monoisotopic (exact) mass is 783 g/mol. The first kappa shape index (κ1) is 50.8. The lowest BCUT2D eigenvalue weighted by Crippen LogP contribution is -2.37. The number of rotatable bonds is 36. The van der Waals surface area contributed by atoms with E-state index in [9.17, 15) is 19.0 Å². The fraction of sp³-hybridized carbons (Fsp3) is 0.950. The molecule has 1 N–H and O–H groups in total. The van der Waals surface area contributed by atoms with Gasteiger partial charge in [0, 0.05) is 0 Å². The minimum atomic E-state index is -3.95. The van der Waals surface area contributed by atoms with E-state index in [1.54, 1.807) is 0 Å². The maximum absolute atomic E-state index is 13.0. The van der Waals surface area contributed by atoms with Gasteiger partial charge in [-0.15, -0.1) is 0 Å². The topological polar surface area (TPSA) is 99.1 Å². The number of hydrogen-bond donors (Lipinski definition) is 3. The van der Waals surface area contributed by atoms with Crippen LogP contribution in [0.1, 0.15) is 175 Å². The summed E-state index contributed by atoms with van der Waals surface area (Å²) in [6.45, 7) is 6.30. The van der Waals surface area contributed by atoms with E-state index in [0.29, 0.717) is 17.4 Å². The van der Waals surface area contributed by atoms with Gasteiger partial charge in [0.05, 0.1) is 45.7 Å². The van der Waals surface area contributed by atoms with Crippen molar-refractivity contribution in [1.29, 1.82) is 0 Å². The van der Waals surface area contributed by atoms with Crippen LogP contribution >= 0.6 is 32.9 Å².